The number of hydrogen-bond donors (Lipinski definition) is 0. The SMILES string of the molecule is O=C1OCCOC(=O)c2ccc1cc2C1CCCCC1. The van der Waals surface area contributed by atoms with E-state index in [1.165, 1.54) is 19.3 Å². The smallest absolute Gasteiger partial charge is 0.338 e. The summed E-state index contributed by atoms with van der Waals surface area (Å²) >= 11 is 0. The van der Waals surface area contributed by atoms with Gasteiger partial charge < -0.3 is 9.47 Å². The topological polar surface area (TPSA) is 52.6 Å². The summed E-state index contributed by atoms with van der Waals surface area (Å²) in [6.07, 6.45) is 5.73. The quantitative estimate of drug-likeness (QED) is 0.738. The standard InChI is InChI=1S/C16H18O4/c17-15-12-6-7-13(16(18)20-9-8-19-15)14(10-12)11-4-2-1-3-5-11/h6-7,10-11H,1-5,8-9H2. The van der Waals surface area contributed by atoms with Gasteiger partial charge in [-0.2, -0.15) is 0 Å². The highest BCUT2D eigenvalue weighted by Crippen LogP contribution is 2.35. The summed E-state index contributed by atoms with van der Waals surface area (Å²) in [4.78, 5) is 24.0. The lowest BCUT2D eigenvalue weighted by Crippen LogP contribution is -2.20. The molecule has 20 heavy (non-hydrogen) atoms. The molecule has 0 spiro atoms. The number of rotatable bonds is 1. The fraction of sp³-hybridized carbons (Fsp3) is 0.500. The van der Waals surface area contributed by atoms with E-state index >= 15 is 0 Å². The van der Waals surface area contributed by atoms with Crippen LogP contribution in [-0.4, -0.2) is 25.2 Å². The Kier molecular flexibility index (Phi) is 3.72. The highest BCUT2D eigenvalue weighted by atomic mass is 16.6. The van der Waals surface area contributed by atoms with Crippen molar-refractivity contribution in [1.82, 2.24) is 0 Å². The molecular weight excluding hydrogens is 256 g/mol. The predicted molar refractivity (Wildman–Crippen MR) is 72.8 cm³/mol. The fourth-order valence-corrected chi connectivity index (χ4v) is 3.06. The fourth-order valence-electron chi connectivity index (χ4n) is 3.06. The van der Waals surface area contributed by atoms with E-state index in [4.69, 9.17) is 9.47 Å². The maximum absolute atomic E-state index is 12.1. The molecule has 1 aromatic carbocycles. The number of carbonyl (C=O) groups excluding carboxylic acids is 2. The average molecular weight is 274 g/mol. The van der Waals surface area contributed by atoms with Crippen LogP contribution < -0.4 is 0 Å². The number of carbonyl (C=O) groups is 2. The van der Waals surface area contributed by atoms with Gasteiger partial charge in [-0.1, -0.05) is 19.3 Å². The third kappa shape index (κ3) is 2.55. The first-order valence-corrected chi connectivity index (χ1v) is 7.24. The van der Waals surface area contributed by atoms with Gasteiger partial charge in [0.15, 0.2) is 0 Å². The number of esters is 2. The van der Waals surface area contributed by atoms with Crippen molar-refractivity contribution in [2.45, 2.75) is 38.0 Å². The van der Waals surface area contributed by atoms with E-state index in [2.05, 4.69) is 0 Å². The van der Waals surface area contributed by atoms with Gasteiger partial charge in [-0.15, -0.1) is 0 Å². The summed E-state index contributed by atoms with van der Waals surface area (Å²) < 4.78 is 10.2. The van der Waals surface area contributed by atoms with Crippen molar-refractivity contribution in [3.8, 4) is 0 Å². The van der Waals surface area contributed by atoms with Crippen molar-refractivity contribution < 1.29 is 19.1 Å². The zero-order valence-corrected chi connectivity index (χ0v) is 11.4. The number of ether oxygens (including phenoxy) is 2. The number of hydrogen-bond acceptors (Lipinski definition) is 4. The molecule has 4 heteroatoms. The Bertz CT molecular complexity index is 529. The zero-order valence-electron chi connectivity index (χ0n) is 11.4. The minimum absolute atomic E-state index is 0.113. The summed E-state index contributed by atoms with van der Waals surface area (Å²) in [5, 5.41) is 0. The molecule has 0 N–H and O–H groups in total. The Morgan fingerprint density at radius 1 is 0.900 bits per heavy atom. The van der Waals surface area contributed by atoms with Gasteiger partial charge in [-0.25, -0.2) is 9.59 Å². The van der Waals surface area contributed by atoms with E-state index < -0.39 is 0 Å². The van der Waals surface area contributed by atoms with Crippen molar-refractivity contribution in [3.05, 3.63) is 34.9 Å². The molecule has 2 bridgehead atoms. The second-order valence-corrected chi connectivity index (χ2v) is 5.41. The lowest BCUT2D eigenvalue weighted by atomic mass is 9.81. The van der Waals surface area contributed by atoms with Crippen LogP contribution in [0.1, 0.15) is 64.3 Å². The highest BCUT2D eigenvalue weighted by Gasteiger charge is 2.25. The molecular formula is C16H18O4. The predicted octanol–water partition coefficient (Wildman–Crippen LogP) is 3.06. The summed E-state index contributed by atoms with van der Waals surface area (Å²) in [5.74, 6) is -0.305. The molecule has 2 heterocycles. The van der Waals surface area contributed by atoms with Gasteiger partial charge in [0.1, 0.15) is 13.2 Å². The minimum Gasteiger partial charge on any atom is -0.458 e. The van der Waals surface area contributed by atoms with Gasteiger partial charge in [-0.05, 0) is 42.5 Å². The van der Waals surface area contributed by atoms with Crippen LogP contribution in [0.5, 0.6) is 0 Å². The van der Waals surface area contributed by atoms with Crippen molar-refractivity contribution in [2.24, 2.45) is 0 Å². The Morgan fingerprint density at radius 2 is 1.60 bits per heavy atom. The molecule has 1 aromatic rings. The monoisotopic (exact) mass is 274 g/mol. The zero-order chi connectivity index (χ0) is 13.9. The second kappa shape index (κ2) is 5.65. The molecule has 2 aliphatic heterocycles. The number of fused-ring (bicyclic) bond motifs is 7. The molecule has 3 aliphatic rings. The molecule has 4 rings (SSSR count). The molecule has 1 fully saturated rings. The lowest BCUT2D eigenvalue weighted by Gasteiger charge is -2.25. The Morgan fingerprint density at radius 3 is 2.35 bits per heavy atom. The van der Waals surface area contributed by atoms with Crippen molar-refractivity contribution in [1.29, 1.82) is 0 Å². The molecule has 1 saturated carbocycles. The van der Waals surface area contributed by atoms with Crippen LogP contribution in [0.4, 0.5) is 0 Å². The first-order chi connectivity index (χ1) is 9.75. The van der Waals surface area contributed by atoms with E-state index in [1.54, 1.807) is 12.1 Å². The minimum atomic E-state index is -0.341. The third-order valence-corrected chi connectivity index (χ3v) is 4.10. The highest BCUT2D eigenvalue weighted by molar-refractivity contribution is 5.95. The first-order valence-electron chi connectivity index (χ1n) is 7.24. The van der Waals surface area contributed by atoms with E-state index in [1.807, 2.05) is 6.07 Å². The van der Waals surface area contributed by atoms with E-state index in [9.17, 15) is 9.59 Å². The molecule has 1 aliphatic carbocycles. The summed E-state index contributed by atoms with van der Waals surface area (Å²) in [7, 11) is 0. The largest absolute Gasteiger partial charge is 0.458 e. The molecule has 0 unspecified atom stereocenters. The van der Waals surface area contributed by atoms with Crippen LogP contribution in [0, 0.1) is 0 Å². The maximum Gasteiger partial charge on any atom is 0.338 e. The number of benzene rings is 1. The van der Waals surface area contributed by atoms with Crippen LogP contribution in [0.2, 0.25) is 0 Å². The third-order valence-electron chi connectivity index (χ3n) is 4.10. The van der Waals surface area contributed by atoms with Gasteiger partial charge in [0.25, 0.3) is 0 Å². The lowest BCUT2D eigenvalue weighted by molar-refractivity contribution is 0.0258. The van der Waals surface area contributed by atoms with E-state index in [0.29, 0.717) is 17.0 Å². The first kappa shape index (κ1) is 13.2. The van der Waals surface area contributed by atoms with Crippen LogP contribution in [-0.2, 0) is 9.47 Å². The van der Waals surface area contributed by atoms with Gasteiger partial charge in [0.05, 0.1) is 11.1 Å². The van der Waals surface area contributed by atoms with E-state index in [-0.39, 0.29) is 25.2 Å². The van der Waals surface area contributed by atoms with Crippen molar-refractivity contribution in [3.63, 3.8) is 0 Å². The van der Waals surface area contributed by atoms with Gasteiger partial charge in [0, 0.05) is 0 Å². The summed E-state index contributed by atoms with van der Waals surface area (Å²) in [5.41, 5.74) is 2.09. The molecule has 0 saturated heterocycles. The maximum atomic E-state index is 12.1. The summed E-state index contributed by atoms with van der Waals surface area (Å²) in [6, 6.07) is 5.17. The van der Waals surface area contributed by atoms with Crippen LogP contribution in [0.15, 0.2) is 18.2 Å². The normalized spacial score (nSPS) is 20.4. The van der Waals surface area contributed by atoms with Crippen molar-refractivity contribution in [2.75, 3.05) is 13.2 Å². The van der Waals surface area contributed by atoms with E-state index in [0.717, 1.165) is 18.4 Å². The Balaban J connectivity index is 2.03. The van der Waals surface area contributed by atoms with Gasteiger partial charge >= 0.3 is 11.9 Å². The molecule has 0 atom stereocenters. The van der Waals surface area contributed by atoms with Crippen LogP contribution in [0.25, 0.3) is 0 Å². The van der Waals surface area contributed by atoms with Gasteiger partial charge in [0.2, 0.25) is 0 Å². The van der Waals surface area contributed by atoms with Gasteiger partial charge in [-0.3, -0.25) is 0 Å². The van der Waals surface area contributed by atoms with Crippen LogP contribution in [0.3, 0.4) is 0 Å². The molecule has 0 amide bonds. The average Bonchev–Trinajstić information content (AvgIpc) is 2.51. The Labute approximate surface area is 118 Å². The molecule has 4 nitrogen and oxygen atoms in total. The summed E-state index contributed by atoms with van der Waals surface area (Å²) in [6.45, 7) is 0.231. The second-order valence-electron chi connectivity index (χ2n) is 5.41. The molecule has 0 radical (unpaired) electrons. The molecule has 0 aromatic heterocycles. The van der Waals surface area contributed by atoms with Crippen LogP contribution >= 0.6 is 0 Å². The Hall–Kier alpha value is -1.84. The van der Waals surface area contributed by atoms with Crippen molar-refractivity contribution >= 4 is 11.9 Å². The molecule has 106 valence electrons.